The molecule has 0 radical (unpaired) electrons. The molecule has 4 N–H and O–H groups in total. The average Bonchev–Trinajstić information content (AvgIpc) is 2.53. The molecular weight excluding hydrogens is 262 g/mol. The zero-order chi connectivity index (χ0) is 15.2. The second-order valence-electron chi connectivity index (χ2n) is 5.20. The third kappa shape index (κ3) is 3.83. The summed E-state index contributed by atoms with van der Waals surface area (Å²) < 4.78 is 0. The fraction of sp³-hybridized carbons (Fsp3) is 0.235. The second kappa shape index (κ2) is 6.90. The molecule has 110 valence electrons. The van der Waals surface area contributed by atoms with Gasteiger partial charge in [0.05, 0.1) is 5.69 Å². The highest BCUT2D eigenvalue weighted by molar-refractivity contribution is 5.94. The normalized spacial score (nSPS) is 11.8. The van der Waals surface area contributed by atoms with Gasteiger partial charge in [0, 0.05) is 12.1 Å². The number of carbonyl (C=O) groups excluding carboxylic acids is 1. The molecule has 0 saturated carbocycles. The maximum atomic E-state index is 12.2. The van der Waals surface area contributed by atoms with Crippen molar-refractivity contribution in [2.24, 2.45) is 5.84 Å². The van der Waals surface area contributed by atoms with Crippen LogP contribution in [0.2, 0.25) is 0 Å². The van der Waals surface area contributed by atoms with Crippen molar-refractivity contribution in [3.8, 4) is 0 Å². The van der Waals surface area contributed by atoms with Crippen LogP contribution >= 0.6 is 0 Å². The summed E-state index contributed by atoms with van der Waals surface area (Å²) in [6, 6.07) is 15.6. The van der Waals surface area contributed by atoms with E-state index >= 15 is 0 Å². The molecule has 2 aromatic rings. The predicted molar refractivity (Wildman–Crippen MR) is 86.2 cm³/mol. The molecule has 21 heavy (non-hydrogen) atoms. The molecule has 1 amide bonds. The fourth-order valence-electron chi connectivity index (χ4n) is 2.21. The molecule has 2 aromatic carbocycles. The van der Waals surface area contributed by atoms with Crippen LogP contribution in [0.4, 0.5) is 5.69 Å². The Morgan fingerprint density at radius 2 is 1.90 bits per heavy atom. The average molecular weight is 283 g/mol. The van der Waals surface area contributed by atoms with Crippen LogP contribution in [-0.2, 0) is 0 Å². The van der Waals surface area contributed by atoms with Crippen molar-refractivity contribution in [1.82, 2.24) is 5.32 Å². The van der Waals surface area contributed by atoms with E-state index in [1.54, 1.807) is 6.07 Å². The van der Waals surface area contributed by atoms with E-state index < -0.39 is 0 Å². The van der Waals surface area contributed by atoms with Gasteiger partial charge in [0.1, 0.15) is 0 Å². The van der Waals surface area contributed by atoms with Gasteiger partial charge in [-0.2, -0.15) is 0 Å². The molecule has 4 heteroatoms. The van der Waals surface area contributed by atoms with Crippen LogP contribution < -0.4 is 16.6 Å². The predicted octanol–water partition coefficient (Wildman–Crippen LogP) is 2.81. The van der Waals surface area contributed by atoms with Gasteiger partial charge in [0.2, 0.25) is 0 Å². The SMILES string of the molecule is Cc1cc(C(=O)NCC(C)c2ccccc2)ccc1NN. The molecule has 0 heterocycles. The van der Waals surface area contributed by atoms with E-state index in [9.17, 15) is 4.79 Å². The molecule has 0 aliphatic heterocycles. The number of hydrazine groups is 1. The van der Waals surface area contributed by atoms with Gasteiger partial charge in [-0.05, 0) is 42.2 Å². The van der Waals surface area contributed by atoms with Crippen molar-refractivity contribution < 1.29 is 4.79 Å². The molecule has 4 nitrogen and oxygen atoms in total. The quantitative estimate of drug-likeness (QED) is 0.584. The van der Waals surface area contributed by atoms with Gasteiger partial charge in [-0.15, -0.1) is 0 Å². The Balaban J connectivity index is 1.97. The highest BCUT2D eigenvalue weighted by Gasteiger charge is 2.10. The molecule has 0 saturated heterocycles. The van der Waals surface area contributed by atoms with Crippen molar-refractivity contribution in [2.45, 2.75) is 19.8 Å². The minimum Gasteiger partial charge on any atom is -0.351 e. The van der Waals surface area contributed by atoms with Gasteiger partial charge in [-0.25, -0.2) is 0 Å². The van der Waals surface area contributed by atoms with Crippen LogP contribution in [0.25, 0.3) is 0 Å². The van der Waals surface area contributed by atoms with Gasteiger partial charge in [-0.1, -0.05) is 37.3 Å². The Morgan fingerprint density at radius 1 is 1.19 bits per heavy atom. The highest BCUT2D eigenvalue weighted by Crippen LogP contribution is 2.16. The van der Waals surface area contributed by atoms with Crippen molar-refractivity contribution in [3.63, 3.8) is 0 Å². The molecule has 0 fully saturated rings. The number of hydrogen-bond acceptors (Lipinski definition) is 3. The minimum absolute atomic E-state index is 0.0653. The molecule has 0 spiro atoms. The van der Waals surface area contributed by atoms with Crippen LogP contribution in [0.1, 0.15) is 34.3 Å². The Hall–Kier alpha value is -2.33. The summed E-state index contributed by atoms with van der Waals surface area (Å²) in [5, 5.41) is 2.97. The van der Waals surface area contributed by atoms with Crippen molar-refractivity contribution in [1.29, 1.82) is 0 Å². The summed E-state index contributed by atoms with van der Waals surface area (Å²) in [4.78, 5) is 12.2. The van der Waals surface area contributed by atoms with E-state index in [-0.39, 0.29) is 11.8 Å². The van der Waals surface area contributed by atoms with Crippen molar-refractivity contribution in [2.75, 3.05) is 12.0 Å². The number of nitrogen functional groups attached to an aromatic ring is 1. The first kappa shape index (κ1) is 15.1. The van der Waals surface area contributed by atoms with Crippen LogP contribution in [0.5, 0.6) is 0 Å². The van der Waals surface area contributed by atoms with Crippen molar-refractivity contribution >= 4 is 11.6 Å². The third-order valence-electron chi connectivity index (χ3n) is 3.58. The number of nitrogens with two attached hydrogens (primary N) is 1. The smallest absolute Gasteiger partial charge is 0.251 e. The molecule has 1 unspecified atom stereocenters. The summed E-state index contributed by atoms with van der Waals surface area (Å²) in [5.41, 5.74) is 6.23. The molecule has 1 atom stereocenters. The molecule has 0 aliphatic rings. The monoisotopic (exact) mass is 283 g/mol. The number of nitrogens with one attached hydrogen (secondary N) is 2. The highest BCUT2D eigenvalue weighted by atomic mass is 16.1. The van der Waals surface area contributed by atoms with E-state index in [1.165, 1.54) is 5.56 Å². The Morgan fingerprint density at radius 3 is 2.52 bits per heavy atom. The lowest BCUT2D eigenvalue weighted by atomic mass is 10.0. The Bertz CT molecular complexity index is 611. The lowest BCUT2D eigenvalue weighted by Crippen LogP contribution is -2.27. The number of anilines is 1. The fourth-order valence-corrected chi connectivity index (χ4v) is 2.21. The van der Waals surface area contributed by atoms with Crippen molar-refractivity contribution in [3.05, 3.63) is 65.2 Å². The summed E-state index contributed by atoms with van der Waals surface area (Å²) in [5.74, 6) is 5.60. The molecule has 2 rings (SSSR count). The number of amides is 1. The van der Waals surface area contributed by atoms with E-state index in [0.29, 0.717) is 12.1 Å². The lowest BCUT2D eigenvalue weighted by molar-refractivity contribution is 0.0951. The second-order valence-corrected chi connectivity index (χ2v) is 5.20. The maximum absolute atomic E-state index is 12.2. The molecule has 0 aliphatic carbocycles. The first-order valence-corrected chi connectivity index (χ1v) is 7.02. The summed E-state index contributed by atoms with van der Waals surface area (Å²) in [6.45, 7) is 4.62. The van der Waals surface area contributed by atoms with Gasteiger partial charge in [0.25, 0.3) is 5.91 Å². The number of aryl methyl sites for hydroxylation is 1. The minimum atomic E-state index is -0.0653. The summed E-state index contributed by atoms with van der Waals surface area (Å²) in [6.07, 6.45) is 0. The number of benzene rings is 2. The van der Waals surface area contributed by atoms with E-state index in [2.05, 4.69) is 29.8 Å². The van der Waals surface area contributed by atoms with Crippen LogP contribution in [0, 0.1) is 6.92 Å². The van der Waals surface area contributed by atoms with Gasteiger partial charge in [-0.3, -0.25) is 10.6 Å². The summed E-state index contributed by atoms with van der Waals surface area (Å²) >= 11 is 0. The zero-order valence-electron chi connectivity index (χ0n) is 12.4. The first-order chi connectivity index (χ1) is 10.1. The van der Waals surface area contributed by atoms with Crippen LogP contribution in [-0.4, -0.2) is 12.5 Å². The molecule has 0 aromatic heterocycles. The number of rotatable bonds is 5. The van der Waals surface area contributed by atoms with Gasteiger partial charge in [0.15, 0.2) is 0 Å². The van der Waals surface area contributed by atoms with E-state index in [1.807, 2.05) is 37.3 Å². The molecular formula is C17H21N3O. The summed E-state index contributed by atoms with van der Waals surface area (Å²) in [7, 11) is 0. The zero-order valence-corrected chi connectivity index (χ0v) is 12.4. The van der Waals surface area contributed by atoms with Crippen LogP contribution in [0.3, 0.4) is 0 Å². The standard InChI is InChI=1S/C17H21N3O/c1-12-10-15(8-9-16(12)20-18)17(21)19-11-13(2)14-6-4-3-5-7-14/h3-10,13,20H,11,18H2,1-2H3,(H,19,21). The topological polar surface area (TPSA) is 67.2 Å². The van der Waals surface area contributed by atoms with Gasteiger partial charge < -0.3 is 10.7 Å². The Kier molecular flexibility index (Phi) is 4.95. The largest absolute Gasteiger partial charge is 0.351 e. The first-order valence-electron chi connectivity index (χ1n) is 7.02. The van der Waals surface area contributed by atoms with E-state index in [0.717, 1.165) is 11.3 Å². The Labute approximate surface area is 125 Å². The number of carbonyl (C=O) groups is 1. The number of hydrogen-bond donors (Lipinski definition) is 3. The molecule has 0 bridgehead atoms. The van der Waals surface area contributed by atoms with Crippen LogP contribution in [0.15, 0.2) is 48.5 Å². The van der Waals surface area contributed by atoms with Gasteiger partial charge >= 0.3 is 0 Å². The van der Waals surface area contributed by atoms with E-state index in [4.69, 9.17) is 5.84 Å². The third-order valence-corrected chi connectivity index (χ3v) is 3.58. The maximum Gasteiger partial charge on any atom is 0.251 e. The lowest BCUT2D eigenvalue weighted by Gasteiger charge is -2.13.